The van der Waals surface area contributed by atoms with Crippen molar-refractivity contribution in [3.63, 3.8) is 0 Å². The highest BCUT2D eigenvalue weighted by molar-refractivity contribution is 6.06. The van der Waals surface area contributed by atoms with E-state index in [1.807, 2.05) is 6.92 Å². The van der Waals surface area contributed by atoms with Crippen LogP contribution in [-0.2, 0) is 12.1 Å². The normalized spacial score (nSPS) is 11.3. The molecule has 0 spiro atoms. The topological polar surface area (TPSA) is 441 Å². The van der Waals surface area contributed by atoms with Gasteiger partial charge >= 0.3 is 6.18 Å². The number of nitrogens with one attached hydrogen (secondary N) is 7. The van der Waals surface area contributed by atoms with Crippen LogP contribution in [0.1, 0.15) is 101 Å². The van der Waals surface area contributed by atoms with E-state index in [0.717, 1.165) is 43.3 Å². The minimum Gasteiger partial charge on any atom is -0.376 e. The number of halogens is 3. The Hall–Kier alpha value is -12.5. The molecule has 0 fully saturated rings. The predicted molar refractivity (Wildman–Crippen MR) is 341 cm³/mol. The number of ketones is 1. The summed E-state index contributed by atoms with van der Waals surface area (Å²) in [5.74, 6) is -2.28. The van der Waals surface area contributed by atoms with Crippen LogP contribution in [0.5, 0.6) is 0 Å². The highest BCUT2D eigenvalue weighted by atomic mass is 19.4. The van der Waals surface area contributed by atoms with E-state index in [1.54, 1.807) is 24.4 Å². The number of hydrogen-bond acceptors (Lipinski definition) is 18. The van der Waals surface area contributed by atoms with Gasteiger partial charge in [-0.05, 0) is 74.4 Å². The number of aromatic nitrogens is 5. The molecule has 0 aliphatic carbocycles. The summed E-state index contributed by atoms with van der Waals surface area (Å²) >= 11 is 0. The number of carbonyl (C=O) groups is 4. The van der Waals surface area contributed by atoms with Gasteiger partial charge in [-0.15, -0.1) is 0 Å². The maximum atomic E-state index is 12.9. The molecule has 1 atom stereocenters. The molecule has 1 unspecified atom stereocenters. The first kappa shape index (κ1) is 72.3. The molecule has 0 saturated heterocycles. The lowest BCUT2D eigenvalue weighted by Crippen LogP contribution is -2.39. The Kier molecular flexibility index (Phi) is 23.7. The van der Waals surface area contributed by atoms with Crippen molar-refractivity contribution in [2.45, 2.75) is 66.8 Å². The fourth-order valence-corrected chi connectivity index (χ4v) is 8.80. The number of aromatic amines is 4. The van der Waals surface area contributed by atoms with E-state index in [4.69, 9.17) is 0 Å². The number of H-pyrrole nitrogens is 4. The molecule has 94 heavy (non-hydrogen) atoms. The smallest absolute Gasteiger partial charge is 0.376 e. The number of anilines is 1. The summed E-state index contributed by atoms with van der Waals surface area (Å²) in [5.41, 5.74) is -6.19. The number of aliphatic hydroxyl groups is 1. The molecule has 488 valence electrons. The minimum absolute atomic E-state index is 0. The van der Waals surface area contributed by atoms with Gasteiger partial charge in [-0.3, -0.25) is 83.8 Å². The summed E-state index contributed by atoms with van der Waals surface area (Å²) in [6.45, 7) is 4.53. The van der Waals surface area contributed by atoms with E-state index < -0.39 is 76.5 Å². The van der Waals surface area contributed by atoms with Crippen LogP contribution in [-0.4, -0.2) is 85.9 Å². The summed E-state index contributed by atoms with van der Waals surface area (Å²) in [4.78, 5) is 153. The Morgan fingerprint density at radius 2 is 0.883 bits per heavy atom. The second-order valence-corrected chi connectivity index (χ2v) is 19.7. The summed E-state index contributed by atoms with van der Waals surface area (Å²) in [6, 6.07) is 25.9. The van der Waals surface area contributed by atoms with Gasteiger partial charge in [-0.1, -0.05) is 70.7 Å². The number of hydrogen-bond donors (Lipinski definition) is 8. The van der Waals surface area contributed by atoms with Gasteiger partial charge in [0.25, 0.3) is 40.5 Å². The summed E-state index contributed by atoms with van der Waals surface area (Å²) < 4.78 is 38.7. The Balaban J connectivity index is 0.000000230. The van der Waals surface area contributed by atoms with Gasteiger partial charge in [-0.2, -0.15) is 13.2 Å². The van der Waals surface area contributed by atoms with E-state index in [1.165, 1.54) is 98.3 Å². The number of para-hydroxylation sites is 4. The number of nitro groups is 4. The number of rotatable bonds is 15. The van der Waals surface area contributed by atoms with Crippen LogP contribution >= 0.6 is 0 Å². The van der Waals surface area contributed by atoms with Gasteiger partial charge < -0.3 is 41.0 Å². The van der Waals surface area contributed by atoms with Gasteiger partial charge in [0.1, 0.15) is 38.8 Å². The molecule has 5 aromatic heterocycles. The SMILES string of the molecule is C.C.CC(=O)c1c[nH]c2c([N+](=O)[O-])cccc2c1=O.CC(O)(c1ccc(NC(=O)c2c[nH]c3c([N+](=O)[O-])cccc3c2=O)cc1)C(F)(F)F.CCCCNC(=O)c1c[nH]c2c([N+](=O)[O-])cccc2c1=O.O=C(NCc1ccccn1)c1c[nH]c2c([N+](=O)[O-])cccc2c1=O. The molecular weight excluding hydrogens is 1240 g/mol. The quantitative estimate of drug-likeness (QED) is 0.0205. The van der Waals surface area contributed by atoms with E-state index in [0.29, 0.717) is 19.2 Å². The zero-order chi connectivity index (χ0) is 67.4. The average molecular weight is 1300 g/mol. The third-order valence-corrected chi connectivity index (χ3v) is 13.7. The van der Waals surface area contributed by atoms with Crippen LogP contribution in [0.4, 0.5) is 41.6 Å². The Morgan fingerprint density at radius 3 is 1.22 bits per heavy atom. The fourth-order valence-electron chi connectivity index (χ4n) is 8.80. The number of carbonyl (C=O) groups excluding carboxylic acids is 4. The van der Waals surface area contributed by atoms with Crippen LogP contribution in [0.25, 0.3) is 43.6 Å². The number of nitro benzene ring substituents is 4. The number of pyridine rings is 5. The zero-order valence-electron chi connectivity index (χ0n) is 48.0. The molecule has 10 rings (SSSR count). The molecule has 0 bridgehead atoms. The van der Waals surface area contributed by atoms with E-state index in [9.17, 15) is 97.1 Å². The number of Topliss-reactive ketones (excluding diaryl/α,β-unsaturated/α-hetero) is 1. The van der Waals surface area contributed by atoms with Crippen molar-refractivity contribution >= 4 is 95.6 Å². The summed E-state index contributed by atoms with van der Waals surface area (Å²) in [5, 5.41) is 61.3. The summed E-state index contributed by atoms with van der Waals surface area (Å²) in [6.07, 6.45) is 3.10. The van der Waals surface area contributed by atoms with Crippen LogP contribution < -0.4 is 37.7 Å². The molecule has 0 aliphatic heterocycles. The van der Waals surface area contributed by atoms with Crippen LogP contribution in [0.3, 0.4) is 0 Å². The Morgan fingerprint density at radius 1 is 0.521 bits per heavy atom. The number of alkyl halides is 3. The Bertz CT molecular complexity index is 4820. The molecular formula is C62H57F3N12O17. The molecule has 8 N–H and O–H groups in total. The van der Waals surface area contributed by atoms with Crippen molar-refractivity contribution in [3.05, 3.63) is 261 Å². The molecule has 29 nitrogen and oxygen atoms in total. The molecule has 0 aliphatic rings. The number of fused-ring (bicyclic) bond motifs is 4. The molecule has 0 radical (unpaired) electrons. The zero-order valence-corrected chi connectivity index (χ0v) is 48.0. The van der Waals surface area contributed by atoms with Gasteiger partial charge in [0.05, 0.1) is 59.0 Å². The van der Waals surface area contributed by atoms with Gasteiger partial charge in [-0.25, -0.2) is 0 Å². The van der Waals surface area contributed by atoms with E-state index in [2.05, 4.69) is 40.9 Å². The molecule has 5 aromatic carbocycles. The molecule has 3 amide bonds. The van der Waals surface area contributed by atoms with Crippen molar-refractivity contribution < 1.29 is 57.1 Å². The van der Waals surface area contributed by atoms with Crippen molar-refractivity contribution in [3.8, 4) is 0 Å². The van der Waals surface area contributed by atoms with Crippen molar-refractivity contribution in [1.82, 2.24) is 35.6 Å². The van der Waals surface area contributed by atoms with Gasteiger partial charge in [0.15, 0.2) is 16.8 Å². The first-order valence-corrected chi connectivity index (χ1v) is 26.9. The first-order valence-electron chi connectivity index (χ1n) is 26.9. The molecule has 5 heterocycles. The predicted octanol–water partition coefficient (Wildman–Crippen LogP) is 10.1. The third-order valence-electron chi connectivity index (χ3n) is 13.7. The number of unbranched alkanes of at least 4 members (excludes halogenated alkanes) is 1. The second-order valence-electron chi connectivity index (χ2n) is 19.7. The lowest BCUT2D eigenvalue weighted by molar-refractivity contribution is -0.383. The van der Waals surface area contributed by atoms with E-state index in [-0.39, 0.29) is 121 Å². The lowest BCUT2D eigenvalue weighted by atomic mass is 9.95. The van der Waals surface area contributed by atoms with Gasteiger partial charge in [0.2, 0.25) is 16.3 Å². The highest BCUT2D eigenvalue weighted by Crippen LogP contribution is 2.39. The second kappa shape index (κ2) is 30.8. The highest BCUT2D eigenvalue weighted by Gasteiger charge is 2.51. The molecule has 10 aromatic rings. The van der Waals surface area contributed by atoms with E-state index >= 15 is 0 Å². The van der Waals surface area contributed by atoms with Crippen molar-refractivity contribution in [1.29, 1.82) is 0 Å². The van der Waals surface area contributed by atoms with Crippen molar-refractivity contribution in [2.24, 2.45) is 0 Å². The first-order chi connectivity index (χ1) is 43.6. The number of non-ortho nitro benzene ring substituents is 4. The Labute approximate surface area is 526 Å². The number of benzene rings is 5. The lowest BCUT2D eigenvalue weighted by Gasteiger charge is -2.26. The number of amides is 3. The van der Waals surface area contributed by atoms with Crippen LogP contribution in [0.2, 0.25) is 0 Å². The van der Waals surface area contributed by atoms with Crippen molar-refractivity contribution in [2.75, 3.05) is 11.9 Å². The van der Waals surface area contributed by atoms with Crippen LogP contribution in [0, 0.1) is 40.5 Å². The maximum absolute atomic E-state index is 12.9. The third kappa shape index (κ3) is 16.1. The standard InChI is InChI=1S/C19H14F3N3O5.C16H12N4O4.C14H15N3O4.C11H8N2O4.2CH4/c1-18(28,19(20,21)22)10-5-7-11(8-6-10)24-17(27)13-9-23-15-12(16(13)26)3-2-4-14(15)25(29)30;21-15-11-5-3-6-13(20(23)24)14(11)18-9-12(15)16(22)19-8-10-4-1-2-7-17-10;1-2-3-7-15-14(19)10-8-16-12-9(13(10)18)5-4-6-11(12)17(20)21;1-6(14)8-5-12-10-7(11(8)15)3-2-4-9(10)13(16)17;;/h2-9,28H,1H3,(H,23,26)(H,24,27);1-7,9H,8H2,(H,18,21)(H,19,22);4-6,8H,2-3,7H2,1H3,(H,15,19)(H,16,18);2-5H,1H3,(H,12,15);2*1H4. The molecule has 32 heteroatoms. The monoisotopic (exact) mass is 1300 g/mol. The largest absolute Gasteiger partial charge is 0.421 e. The molecule has 0 saturated carbocycles. The summed E-state index contributed by atoms with van der Waals surface area (Å²) in [7, 11) is 0. The van der Waals surface area contributed by atoms with Gasteiger partial charge in [0, 0.05) is 67.5 Å². The van der Waals surface area contributed by atoms with Crippen LogP contribution in [0.15, 0.2) is 165 Å². The maximum Gasteiger partial charge on any atom is 0.421 e. The minimum atomic E-state index is -4.89. The average Bonchev–Trinajstić information content (AvgIpc) is 0.817. The fraction of sp³-hybridized carbons (Fsp3) is 0.177. The number of nitrogens with zero attached hydrogens (tertiary/aromatic N) is 5.